The van der Waals surface area contributed by atoms with E-state index in [4.69, 9.17) is 11.6 Å². The number of hydrogen-bond acceptors (Lipinski definition) is 5. The molecule has 5 nitrogen and oxygen atoms in total. The number of nitriles is 1. The first kappa shape index (κ1) is 21.9. The second-order valence-electron chi connectivity index (χ2n) is 7.52. The van der Waals surface area contributed by atoms with Crippen molar-refractivity contribution in [3.05, 3.63) is 92.7 Å². The summed E-state index contributed by atoms with van der Waals surface area (Å²) in [7, 11) is 0. The zero-order valence-electron chi connectivity index (χ0n) is 17.5. The lowest BCUT2D eigenvalue weighted by Crippen LogP contribution is -2.27. The number of carbonyl (C=O) groups excluding carboxylic acids is 2. The Morgan fingerprint density at radius 1 is 1.16 bits per heavy atom. The van der Waals surface area contributed by atoms with Crippen molar-refractivity contribution in [1.82, 2.24) is 10.3 Å². The van der Waals surface area contributed by atoms with Crippen LogP contribution in [0.5, 0.6) is 0 Å². The predicted octanol–water partition coefficient (Wildman–Crippen LogP) is 5.72. The van der Waals surface area contributed by atoms with Crippen LogP contribution in [0, 0.1) is 11.3 Å². The lowest BCUT2D eigenvalue weighted by atomic mass is 9.81. The molecule has 2 heterocycles. The minimum atomic E-state index is -0.511. The van der Waals surface area contributed by atoms with Gasteiger partial charge in [-0.25, -0.2) is 0 Å². The molecule has 0 saturated heterocycles. The summed E-state index contributed by atoms with van der Waals surface area (Å²) in [4.78, 5) is 28.5. The van der Waals surface area contributed by atoms with E-state index in [0.717, 1.165) is 16.5 Å². The van der Waals surface area contributed by atoms with Gasteiger partial charge in [-0.05, 0) is 49.7 Å². The molecule has 2 N–H and O–H groups in total. The number of thioether (sulfide) groups is 1. The second kappa shape index (κ2) is 9.07. The number of allylic oxidation sites excluding steroid dienone is 3. The van der Waals surface area contributed by atoms with Gasteiger partial charge in [0.1, 0.15) is 0 Å². The summed E-state index contributed by atoms with van der Waals surface area (Å²) in [5.74, 6) is -0.526. The number of rotatable bonds is 6. The summed E-state index contributed by atoms with van der Waals surface area (Å²) in [6, 6.07) is 16.8. The summed E-state index contributed by atoms with van der Waals surface area (Å²) >= 11 is 7.18. The second-order valence-corrected chi connectivity index (χ2v) is 8.94. The Balaban J connectivity index is 1.73. The van der Waals surface area contributed by atoms with Gasteiger partial charge in [-0.15, -0.1) is 0 Å². The Morgan fingerprint density at radius 2 is 1.88 bits per heavy atom. The highest BCUT2D eigenvalue weighted by atomic mass is 35.5. The number of nitrogens with zero attached hydrogens (tertiary/aromatic N) is 1. The number of benzene rings is 2. The summed E-state index contributed by atoms with van der Waals surface area (Å²) in [6.45, 7) is 3.34. The zero-order chi connectivity index (χ0) is 22.8. The number of dihydropyridines is 1. The molecular weight excluding hydrogens is 442 g/mol. The van der Waals surface area contributed by atoms with Crippen LogP contribution in [0.3, 0.4) is 0 Å². The molecule has 1 aromatic heterocycles. The third-order valence-electron chi connectivity index (χ3n) is 5.47. The molecule has 32 heavy (non-hydrogen) atoms. The van der Waals surface area contributed by atoms with E-state index >= 15 is 0 Å². The first-order valence-electron chi connectivity index (χ1n) is 10.0. The van der Waals surface area contributed by atoms with E-state index in [-0.39, 0.29) is 17.3 Å². The molecule has 4 rings (SSSR count). The van der Waals surface area contributed by atoms with Crippen molar-refractivity contribution in [2.24, 2.45) is 0 Å². The Morgan fingerprint density at radius 3 is 2.56 bits per heavy atom. The summed E-state index contributed by atoms with van der Waals surface area (Å²) in [6.07, 6.45) is 1.86. The number of carbonyl (C=O) groups is 2. The van der Waals surface area contributed by atoms with E-state index in [2.05, 4.69) is 16.4 Å². The smallest absolute Gasteiger partial charge is 0.173 e. The van der Waals surface area contributed by atoms with Crippen molar-refractivity contribution in [2.45, 2.75) is 19.8 Å². The maximum atomic E-state index is 12.7. The van der Waals surface area contributed by atoms with Crippen molar-refractivity contribution in [3.8, 4) is 6.07 Å². The van der Waals surface area contributed by atoms with Gasteiger partial charge in [0.2, 0.25) is 0 Å². The minimum absolute atomic E-state index is 0.0686. The molecule has 7 heteroatoms. The summed E-state index contributed by atoms with van der Waals surface area (Å²) < 4.78 is 0. The van der Waals surface area contributed by atoms with Crippen molar-refractivity contribution in [3.63, 3.8) is 0 Å². The summed E-state index contributed by atoms with van der Waals surface area (Å²) in [5, 5.41) is 15.4. The van der Waals surface area contributed by atoms with Crippen LogP contribution in [0.15, 0.2) is 76.6 Å². The highest BCUT2D eigenvalue weighted by Gasteiger charge is 2.34. The molecule has 2 aromatic carbocycles. The van der Waals surface area contributed by atoms with Crippen LogP contribution in [0.25, 0.3) is 10.9 Å². The molecule has 3 aromatic rings. The van der Waals surface area contributed by atoms with Gasteiger partial charge < -0.3 is 10.3 Å². The topological polar surface area (TPSA) is 85.8 Å². The van der Waals surface area contributed by atoms with Crippen molar-refractivity contribution in [2.75, 3.05) is 5.75 Å². The molecule has 0 amide bonds. The van der Waals surface area contributed by atoms with Gasteiger partial charge in [-0.3, -0.25) is 9.59 Å². The largest absolute Gasteiger partial charge is 0.361 e. The van der Waals surface area contributed by atoms with Crippen LogP contribution in [-0.2, 0) is 4.79 Å². The molecule has 1 aliphatic heterocycles. The van der Waals surface area contributed by atoms with E-state index < -0.39 is 5.92 Å². The molecule has 0 spiro atoms. The van der Waals surface area contributed by atoms with E-state index in [1.807, 2.05) is 37.4 Å². The summed E-state index contributed by atoms with van der Waals surface area (Å²) in [5.41, 5.74) is 4.03. The molecule has 0 radical (unpaired) electrons. The monoisotopic (exact) mass is 461 g/mol. The number of ketones is 2. The first-order valence-corrected chi connectivity index (χ1v) is 11.4. The number of para-hydroxylation sites is 1. The fraction of sp³-hybridized carbons (Fsp3) is 0.160. The number of hydrogen-bond donors (Lipinski definition) is 2. The number of aromatic nitrogens is 1. The number of aromatic amines is 1. The Kier molecular flexibility index (Phi) is 6.22. The van der Waals surface area contributed by atoms with Crippen molar-refractivity contribution in [1.29, 1.82) is 5.26 Å². The predicted molar refractivity (Wildman–Crippen MR) is 128 cm³/mol. The molecule has 1 aliphatic rings. The van der Waals surface area contributed by atoms with Gasteiger partial charge in [0.05, 0.1) is 28.3 Å². The fourth-order valence-corrected chi connectivity index (χ4v) is 5.11. The van der Waals surface area contributed by atoms with Crippen LogP contribution in [-0.4, -0.2) is 22.3 Å². The minimum Gasteiger partial charge on any atom is -0.361 e. The number of H-pyrrole nitrogens is 1. The van der Waals surface area contributed by atoms with Crippen LogP contribution >= 0.6 is 23.4 Å². The number of fused-ring (bicyclic) bond motifs is 1. The van der Waals surface area contributed by atoms with Crippen molar-refractivity contribution >= 4 is 45.8 Å². The number of nitrogens with one attached hydrogen (secondary N) is 2. The molecule has 0 saturated carbocycles. The molecule has 160 valence electrons. The van der Waals surface area contributed by atoms with Crippen LogP contribution in [0.2, 0.25) is 5.02 Å². The van der Waals surface area contributed by atoms with Crippen LogP contribution in [0.4, 0.5) is 0 Å². The number of halogens is 1. The van der Waals surface area contributed by atoms with E-state index in [0.29, 0.717) is 32.5 Å². The normalized spacial score (nSPS) is 16.1. The fourth-order valence-electron chi connectivity index (χ4n) is 3.99. The van der Waals surface area contributed by atoms with Gasteiger partial charge in [-0.1, -0.05) is 41.6 Å². The molecule has 0 bridgehead atoms. The Bertz CT molecular complexity index is 1330. The lowest BCUT2D eigenvalue weighted by molar-refractivity contribution is -0.113. The molecule has 0 aliphatic carbocycles. The lowest BCUT2D eigenvalue weighted by Gasteiger charge is -2.29. The van der Waals surface area contributed by atoms with Gasteiger partial charge in [0.15, 0.2) is 11.6 Å². The van der Waals surface area contributed by atoms with Gasteiger partial charge in [-0.2, -0.15) is 5.26 Å². The average molecular weight is 462 g/mol. The third-order valence-corrected chi connectivity index (χ3v) is 6.74. The highest BCUT2D eigenvalue weighted by Crippen LogP contribution is 2.43. The van der Waals surface area contributed by atoms with Gasteiger partial charge in [0.25, 0.3) is 0 Å². The molecular formula is C25H20ClN3O2S. The van der Waals surface area contributed by atoms with Gasteiger partial charge >= 0.3 is 0 Å². The van der Waals surface area contributed by atoms with Gasteiger partial charge in [0, 0.05) is 39.0 Å². The van der Waals surface area contributed by atoms with Crippen molar-refractivity contribution < 1.29 is 9.59 Å². The first-order chi connectivity index (χ1) is 15.4. The van der Waals surface area contributed by atoms with Crippen LogP contribution in [0.1, 0.15) is 35.7 Å². The maximum Gasteiger partial charge on any atom is 0.173 e. The van der Waals surface area contributed by atoms with Crippen LogP contribution < -0.4 is 5.32 Å². The maximum absolute atomic E-state index is 12.7. The third kappa shape index (κ3) is 4.10. The number of Topliss-reactive ketones (excluding diaryl/α,β-unsaturated/α-hetero) is 2. The molecule has 0 fully saturated rings. The highest BCUT2D eigenvalue weighted by molar-refractivity contribution is 8.03. The zero-order valence-corrected chi connectivity index (χ0v) is 19.1. The quantitative estimate of drug-likeness (QED) is 0.458. The molecule has 1 atom stereocenters. The SMILES string of the molecule is CC(=O)C1=C(C)NC(SCC(=O)c2ccc(Cl)cc2)=C(C#N)[C@H]1c1c[nH]c2ccccc12. The van der Waals surface area contributed by atoms with E-state index in [1.165, 1.54) is 18.7 Å². The van der Waals surface area contributed by atoms with E-state index in [1.54, 1.807) is 24.3 Å². The van der Waals surface area contributed by atoms with E-state index in [9.17, 15) is 14.9 Å². The molecule has 0 unspecified atom stereocenters. The Labute approximate surface area is 195 Å². The average Bonchev–Trinajstić information content (AvgIpc) is 3.21. The Hall–Kier alpha value is -3.27. The standard InChI is InChI=1S/C25H20ClN3O2S/c1-14-23(15(2)30)24(20-12-28-21-6-4-3-5-18(20)21)19(11-27)25(29-14)32-13-22(31)16-7-9-17(26)10-8-16/h3-10,12,24,28-29H,13H2,1-2H3/t24-/m0/s1.